The molecule has 0 saturated heterocycles. The molecule has 0 aliphatic carbocycles. The number of benzene rings is 1. The predicted molar refractivity (Wildman–Crippen MR) is 108 cm³/mol. The van der Waals surface area contributed by atoms with E-state index in [1.54, 1.807) is 30.2 Å². The Morgan fingerprint density at radius 1 is 1.26 bits per heavy atom. The van der Waals surface area contributed by atoms with Crippen molar-refractivity contribution in [3.63, 3.8) is 0 Å². The Kier molecular flexibility index (Phi) is 5.17. The van der Waals surface area contributed by atoms with E-state index in [4.69, 9.17) is 0 Å². The summed E-state index contributed by atoms with van der Waals surface area (Å²) in [6.45, 7) is 1.98. The average molecular weight is 396 g/mol. The van der Waals surface area contributed by atoms with Crippen molar-refractivity contribution < 1.29 is 4.79 Å². The van der Waals surface area contributed by atoms with Crippen LogP contribution in [0, 0.1) is 0 Å². The molecule has 1 aromatic carbocycles. The van der Waals surface area contributed by atoms with Crippen LogP contribution in [-0.2, 0) is 4.79 Å². The lowest BCUT2D eigenvalue weighted by Crippen LogP contribution is -2.28. The highest BCUT2D eigenvalue weighted by Crippen LogP contribution is 2.27. The number of fused-ring (bicyclic) bond motifs is 1. The van der Waals surface area contributed by atoms with Gasteiger partial charge in [-0.15, -0.1) is 11.3 Å². The van der Waals surface area contributed by atoms with Crippen LogP contribution in [0.2, 0.25) is 0 Å². The molecule has 3 aromatic heterocycles. The fourth-order valence-electron chi connectivity index (χ4n) is 2.73. The number of imidazole rings is 1. The summed E-state index contributed by atoms with van der Waals surface area (Å²) >= 11 is 3.01. The molecular weight excluding hydrogens is 378 g/mol. The van der Waals surface area contributed by atoms with Crippen molar-refractivity contribution in [2.75, 3.05) is 5.75 Å². The van der Waals surface area contributed by atoms with Crippen LogP contribution in [0.15, 0.2) is 65.8 Å². The minimum atomic E-state index is -0.0681. The maximum absolute atomic E-state index is 12.3. The van der Waals surface area contributed by atoms with Crippen molar-refractivity contribution in [2.45, 2.75) is 18.0 Å². The second-order valence-electron chi connectivity index (χ2n) is 5.96. The van der Waals surface area contributed by atoms with Crippen LogP contribution in [0.4, 0.5) is 0 Å². The molecular formula is C19H17N5OS2. The van der Waals surface area contributed by atoms with Gasteiger partial charge < -0.3 is 9.88 Å². The molecule has 0 aliphatic heterocycles. The lowest BCUT2D eigenvalue weighted by Gasteiger charge is -2.15. The lowest BCUT2D eigenvalue weighted by molar-refractivity contribution is -0.119. The minimum Gasteiger partial charge on any atom is -0.349 e. The van der Waals surface area contributed by atoms with Crippen LogP contribution in [0.5, 0.6) is 0 Å². The monoisotopic (exact) mass is 395 g/mol. The first-order valence-electron chi connectivity index (χ1n) is 8.39. The van der Waals surface area contributed by atoms with Crippen molar-refractivity contribution in [1.82, 2.24) is 24.8 Å². The van der Waals surface area contributed by atoms with Gasteiger partial charge in [-0.25, -0.2) is 15.0 Å². The fraction of sp³-hybridized carbons (Fsp3) is 0.158. The third kappa shape index (κ3) is 4.01. The summed E-state index contributed by atoms with van der Waals surface area (Å²) in [6, 6.07) is 10.00. The van der Waals surface area contributed by atoms with Crippen molar-refractivity contribution in [1.29, 1.82) is 0 Å². The molecule has 1 atom stereocenters. The summed E-state index contributed by atoms with van der Waals surface area (Å²) in [4.78, 5) is 25.9. The van der Waals surface area contributed by atoms with Gasteiger partial charge in [0, 0.05) is 23.5 Å². The van der Waals surface area contributed by atoms with Crippen LogP contribution in [0.1, 0.15) is 18.5 Å². The molecule has 1 N–H and O–H groups in total. The van der Waals surface area contributed by atoms with Gasteiger partial charge in [0.25, 0.3) is 0 Å². The Balaban J connectivity index is 1.35. The summed E-state index contributed by atoms with van der Waals surface area (Å²) in [7, 11) is 0. The number of nitrogens with zero attached hydrogens (tertiary/aromatic N) is 4. The van der Waals surface area contributed by atoms with Gasteiger partial charge >= 0.3 is 0 Å². The topological polar surface area (TPSA) is 72.7 Å². The van der Waals surface area contributed by atoms with Gasteiger partial charge in [0.05, 0.1) is 18.1 Å². The van der Waals surface area contributed by atoms with E-state index >= 15 is 0 Å². The van der Waals surface area contributed by atoms with E-state index < -0.39 is 0 Å². The van der Waals surface area contributed by atoms with E-state index in [0.717, 1.165) is 26.5 Å². The number of aromatic nitrogens is 4. The quantitative estimate of drug-likeness (QED) is 0.397. The number of hydrogen-bond acceptors (Lipinski definition) is 6. The zero-order valence-electron chi connectivity index (χ0n) is 14.6. The number of carbonyl (C=O) groups excluding carboxylic acids is 1. The first-order chi connectivity index (χ1) is 13.2. The van der Waals surface area contributed by atoms with Gasteiger partial charge in [0.15, 0.2) is 0 Å². The zero-order valence-corrected chi connectivity index (χ0v) is 16.2. The van der Waals surface area contributed by atoms with E-state index in [2.05, 4.69) is 20.3 Å². The molecule has 6 nitrogen and oxygen atoms in total. The molecule has 4 rings (SSSR count). The summed E-state index contributed by atoms with van der Waals surface area (Å²) in [5.41, 5.74) is 2.09. The van der Waals surface area contributed by atoms with Crippen molar-refractivity contribution in [2.24, 2.45) is 0 Å². The van der Waals surface area contributed by atoms with Gasteiger partial charge in [-0.05, 0) is 36.1 Å². The first kappa shape index (κ1) is 17.7. The SMILES string of the molecule is CC(NC(=O)CSc1ncnc2sccc12)c1ccc(-n2ccnc2)cc1. The van der Waals surface area contributed by atoms with E-state index in [1.807, 2.05) is 53.4 Å². The van der Waals surface area contributed by atoms with Crippen molar-refractivity contribution >= 4 is 39.2 Å². The second kappa shape index (κ2) is 7.89. The Morgan fingerprint density at radius 2 is 2.11 bits per heavy atom. The van der Waals surface area contributed by atoms with E-state index in [9.17, 15) is 4.79 Å². The maximum atomic E-state index is 12.3. The molecule has 1 amide bonds. The normalized spacial score (nSPS) is 12.2. The Labute approximate surface area is 164 Å². The molecule has 27 heavy (non-hydrogen) atoms. The predicted octanol–water partition coefficient (Wildman–Crippen LogP) is 3.85. The number of rotatable bonds is 6. The van der Waals surface area contributed by atoms with E-state index in [1.165, 1.54) is 11.8 Å². The zero-order chi connectivity index (χ0) is 18.6. The molecule has 0 spiro atoms. The highest BCUT2D eigenvalue weighted by molar-refractivity contribution is 8.00. The number of hydrogen-bond donors (Lipinski definition) is 1. The van der Waals surface area contributed by atoms with Crippen LogP contribution in [0.3, 0.4) is 0 Å². The number of nitrogens with one attached hydrogen (secondary N) is 1. The molecule has 4 aromatic rings. The third-order valence-electron chi connectivity index (χ3n) is 4.14. The second-order valence-corrected chi connectivity index (χ2v) is 7.82. The Bertz CT molecular complexity index is 1040. The van der Waals surface area contributed by atoms with E-state index in [-0.39, 0.29) is 11.9 Å². The molecule has 0 bridgehead atoms. The largest absolute Gasteiger partial charge is 0.349 e. The molecule has 0 saturated carbocycles. The van der Waals surface area contributed by atoms with Crippen LogP contribution in [0.25, 0.3) is 15.9 Å². The molecule has 0 aliphatic rings. The molecule has 8 heteroatoms. The molecule has 136 valence electrons. The smallest absolute Gasteiger partial charge is 0.230 e. The van der Waals surface area contributed by atoms with Crippen LogP contribution >= 0.6 is 23.1 Å². The lowest BCUT2D eigenvalue weighted by atomic mass is 10.1. The highest BCUT2D eigenvalue weighted by atomic mass is 32.2. The standard InChI is InChI=1S/C19H17N5OS2/c1-13(14-2-4-15(5-3-14)24-8-7-20-12-24)23-17(25)10-27-19-16-6-9-26-18(16)21-11-22-19/h2-9,11-13H,10H2,1H3,(H,23,25). The summed E-state index contributed by atoms with van der Waals surface area (Å²) in [6.07, 6.45) is 6.95. The Hall–Kier alpha value is -2.71. The van der Waals surface area contributed by atoms with Gasteiger partial charge in [0.2, 0.25) is 5.91 Å². The van der Waals surface area contributed by atoms with E-state index in [0.29, 0.717) is 5.75 Å². The van der Waals surface area contributed by atoms with Crippen LogP contribution < -0.4 is 5.32 Å². The van der Waals surface area contributed by atoms with Crippen LogP contribution in [-0.4, -0.2) is 31.2 Å². The summed E-state index contributed by atoms with van der Waals surface area (Å²) < 4.78 is 1.94. The number of thioether (sulfide) groups is 1. The minimum absolute atomic E-state index is 0.0202. The number of thiophene rings is 1. The summed E-state index contributed by atoms with van der Waals surface area (Å²) in [5.74, 6) is 0.299. The molecule has 0 fully saturated rings. The molecule has 0 radical (unpaired) electrons. The van der Waals surface area contributed by atoms with Crippen molar-refractivity contribution in [3.05, 3.63) is 66.3 Å². The number of amides is 1. The molecule has 1 unspecified atom stereocenters. The fourth-order valence-corrected chi connectivity index (χ4v) is 4.32. The average Bonchev–Trinajstić information content (AvgIpc) is 3.38. The summed E-state index contributed by atoms with van der Waals surface area (Å²) in [5, 5.41) is 6.87. The molecule has 3 heterocycles. The van der Waals surface area contributed by atoms with Gasteiger partial charge in [0.1, 0.15) is 16.2 Å². The van der Waals surface area contributed by atoms with Gasteiger partial charge in [-0.2, -0.15) is 0 Å². The third-order valence-corrected chi connectivity index (χ3v) is 5.96. The maximum Gasteiger partial charge on any atom is 0.230 e. The number of carbonyl (C=O) groups is 1. The Morgan fingerprint density at radius 3 is 2.89 bits per heavy atom. The first-order valence-corrected chi connectivity index (χ1v) is 10.3. The van der Waals surface area contributed by atoms with Gasteiger partial charge in [-0.1, -0.05) is 23.9 Å². The van der Waals surface area contributed by atoms with Crippen molar-refractivity contribution in [3.8, 4) is 5.69 Å². The van der Waals surface area contributed by atoms with Gasteiger partial charge in [-0.3, -0.25) is 4.79 Å². The highest BCUT2D eigenvalue weighted by Gasteiger charge is 2.12.